The largest absolute Gasteiger partial charge is 0.405 e. The summed E-state index contributed by atoms with van der Waals surface area (Å²) in [4.78, 5) is 7.29. The first-order valence-electron chi connectivity index (χ1n) is 14.2. The van der Waals surface area contributed by atoms with Crippen LogP contribution < -0.4 is 9.80 Å². The molecule has 40 heavy (non-hydrogen) atoms. The molecule has 0 amide bonds. The van der Waals surface area contributed by atoms with Crippen molar-refractivity contribution < 1.29 is 26.3 Å². The third-order valence-corrected chi connectivity index (χ3v) is 6.70. The Morgan fingerprint density at radius 1 is 0.725 bits per heavy atom. The number of nitrogens with zero attached hydrogens (tertiary/aromatic N) is 4. The van der Waals surface area contributed by atoms with Crippen LogP contribution in [0.2, 0.25) is 0 Å². The second-order valence-corrected chi connectivity index (χ2v) is 9.23. The van der Waals surface area contributed by atoms with Gasteiger partial charge in [0.25, 0.3) is 0 Å². The molecule has 0 aliphatic carbocycles. The molecule has 2 fully saturated rings. The van der Waals surface area contributed by atoms with E-state index in [0.29, 0.717) is 25.3 Å². The Kier molecular flexibility index (Phi) is 16.1. The van der Waals surface area contributed by atoms with Gasteiger partial charge in [-0.25, -0.2) is 13.2 Å². The molecule has 2 saturated heterocycles. The van der Waals surface area contributed by atoms with Crippen LogP contribution in [0.5, 0.6) is 0 Å². The highest BCUT2D eigenvalue weighted by molar-refractivity contribution is 5.47. The fourth-order valence-electron chi connectivity index (χ4n) is 4.62. The minimum Gasteiger partial charge on any atom is -0.369 e. The summed E-state index contributed by atoms with van der Waals surface area (Å²) in [6.07, 6.45) is -3.19. The Labute approximate surface area is 236 Å². The van der Waals surface area contributed by atoms with Gasteiger partial charge in [0.2, 0.25) is 0 Å². The van der Waals surface area contributed by atoms with Crippen LogP contribution in [-0.2, 0) is 0 Å². The molecule has 2 unspecified atom stereocenters. The van der Waals surface area contributed by atoms with Gasteiger partial charge in [0.05, 0.1) is 6.04 Å². The number of likely N-dealkylation sites (N-methyl/N-ethyl adjacent to an activating group) is 1. The first-order valence-corrected chi connectivity index (χ1v) is 14.2. The number of benzene rings is 2. The van der Waals surface area contributed by atoms with Crippen molar-refractivity contribution in [3.8, 4) is 0 Å². The second-order valence-electron chi connectivity index (χ2n) is 9.23. The quantitative estimate of drug-likeness (QED) is 0.348. The molecule has 2 aliphatic rings. The number of alkyl halides is 4. The van der Waals surface area contributed by atoms with Gasteiger partial charge in [-0.1, -0.05) is 34.6 Å². The van der Waals surface area contributed by atoms with Crippen molar-refractivity contribution in [1.29, 1.82) is 0 Å². The maximum Gasteiger partial charge on any atom is 0.405 e. The summed E-state index contributed by atoms with van der Waals surface area (Å²) >= 11 is 0. The fraction of sp³-hybridized carbons (Fsp3) is 0.600. The summed E-state index contributed by atoms with van der Waals surface area (Å²) in [5, 5.41) is 0. The molecule has 0 aromatic heterocycles. The van der Waals surface area contributed by atoms with Gasteiger partial charge in [0.1, 0.15) is 24.4 Å². The molecule has 2 heterocycles. The highest BCUT2D eigenvalue weighted by Crippen LogP contribution is 2.29. The minimum atomic E-state index is -4.24. The lowest BCUT2D eigenvalue weighted by Gasteiger charge is -2.41. The summed E-state index contributed by atoms with van der Waals surface area (Å²) in [6, 6.07) is 10.5. The van der Waals surface area contributed by atoms with Crippen molar-refractivity contribution in [2.45, 2.75) is 59.3 Å². The van der Waals surface area contributed by atoms with E-state index in [1.165, 1.54) is 48.3 Å². The number of rotatable bonds is 5. The topological polar surface area (TPSA) is 13.0 Å². The van der Waals surface area contributed by atoms with Crippen molar-refractivity contribution in [2.24, 2.45) is 0 Å². The zero-order valence-corrected chi connectivity index (χ0v) is 24.7. The van der Waals surface area contributed by atoms with Crippen molar-refractivity contribution in [2.75, 3.05) is 69.3 Å². The second kappa shape index (κ2) is 18.1. The van der Waals surface area contributed by atoms with E-state index < -0.39 is 12.2 Å². The highest BCUT2D eigenvalue weighted by atomic mass is 19.4. The summed E-state index contributed by atoms with van der Waals surface area (Å²) < 4.78 is 77.2. The number of piperazine rings is 2. The van der Waals surface area contributed by atoms with Gasteiger partial charge in [0, 0.05) is 50.6 Å². The molecular formula is C30H46F6N4. The lowest BCUT2D eigenvalue weighted by Crippen LogP contribution is -2.57. The van der Waals surface area contributed by atoms with Gasteiger partial charge in [-0.05, 0) is 68.5 Å². The van der Waals surface area contributed by atoms with Gasteiger partial charge in [-0.15, -0.1) is 0 Å². The molecule has 4 rings (SSSR count). The highest BCUT2D eigenvalue weighted by Gasteiger charge is 2.45. The fourth-order valence-corrected chi connectivity index (χ4v) is 4.62. The molecular weight excluding hydrogens is 530 g/mol. The summed E-state index contributed by atoms with van der Waals surface area (Å²) in [5.74, 6) is -0.620. The molecule has 2 aliphatic heterocycles. The molecule has 2 atom stereocenters. The average Bonchev–Trinajstić information content (AvgIpc) is 2.96. The molecule has 228 valence electrons. The minimum absolute atomic E-state index is 0.0382. The normalized spacial score (nSPS) is 19.9. The van der Waals surface area contributed by atoms with Gasteiger partial charge in [-0.3, -0.25) is 9.80 Å². The van der Waals surface area contributed by atoms with Crippen LogP contribution >= 0.6 is 0 Å². The van der Waals surface area contributed by atoms with Crippen LogP contribution in [-0.4, -0.2) is 87.6 Å². The van der Waals surface area contributed by atoms with Crippen LogP contribution in [0.25, 0.3) is 0 Å². The molecule has 0 spiro atoms. The first kappa shape index (κ1) is 35.6. The van der Waals surface area contributed by atoms with Crippen LogP contribution in [0.4, 0.5) is 37.7 Å². The number of hydrogen-bond donors (Lipinski definition) is 0. The van der Waals surface area contributed by atoms with E-state index in [2.05, 4.69) is 16.7 Å². The van der Waals surface area contributed by atoms with Crippen LogP contribution in [0, 0.1) is 11.6 Å². The predicted octanol–water partition coefficient (Wildman–Crippen LogP) is 7.26. The monoisotopic (exact) mass is 576 g/mol. The zero-order valence-electron chi connectivity index (χ0n) is 24.7. The lowest BCUT2D eigenvalue weighted by atomic mass is 10.1. The molecule has 0 radical (unpaired) electrons. The molecule has 10 heteroatoms. The Hall–Kier alpha value is -2.46. The van der Waals surface area contributed by atoms with Gasteiger partial charge < -0.3 is 9.80 Å². The van der Waals surface area contributed by atoms with E-state index >= 15 is 0 Å². The molecule has 2 aromatic rings. The third-order valence-electron chi connectivity index (χ3n) is 6.70. The van der Waals surface area contributed by atoms with Gasteiger partial charge in [-0.2, -0.15) is 13.2 Å². The first-order chi connectivity index (χ1) is 19.1. The Morgan fingerprint density at radius 2 is 1.18 bits per heavy atom. The van der Waals surface area contributed by atoms with E-state index in [-0.39, 0.29) is 30.9 Å². The van der Waals surface area contributed by atoms with E-state index in [9.17, 15) is 26.3 Å². The molecule has 2 aromatic carbocycles. The van der Waals surface area contributed by atoms with Gasteiger partial charge >= 0.3 is 6.18 Å². The molecule has 0 saturated carbocycles. The van der Waals surface area contributed by atoms with E-state index in [1.807, 2.05) is 27.7 Å². The Morgan fingerprint density at radius 3 is 1.60 bits per heavy atom. The summed E-state index contributed by atoms with van der Waals surface area (Å²) in [7, 11) is 1.47. The van der Waals surface area contributed by atoms with Crippen LogP contribution in [0.1, 0.15) is 41.0 Å². The molecule has 0 bridgehead atoms. The van der Waals surface area contributed by atoms with Crippen LogP contribution in [0.3, 0.4) is 0 Å². The molecule has 0 N–H and O–H groups in total. The van der Waals surface area contributed by atoms with Crippen LogP contribution in [0.15, 0.2) is 48.5 Å². The van der Waals surface area contributed by atoms with Crippen molar-refractivity contribution in [1.82, 2.24) is 9.80 Å². The summed E-state index contributed by atoms with van der Waals surface area (Å²) in [5.41, 5.74) is 1.60. The summed E-state index contributed by atoms with van der Waals surface area (Å²) in [6.45, 7) is 13.9. The van der Waals surface area contributed by atoms with Crippen molar-refractivity contribution in [3.63, 3.8) is 0 Å². The predicted molar refractivity (Wildman–Crippen MR) is 154 cm³/mol. The van der Waals surface area contributed by atoms with E-state index in [1.54, 1.807) is 17.0 Å². The maximum atomic E-state index is 13.1. The van der Waals surface area contributed by atoms with Gasteiger partial charge in [0.15, 0.2) is 0 Å². The number of hydrogen-bond acceptors (Lipinski definition) is 4. The van der Waals surface area contributed by atoms with Crippen molar-refractivity contribution in [3.05, 3.63) is 60.2 Å². The Balaban J connectivity index is 0.000000356. The number of anilines is 2. The zero-order chi connectivity index (χ0) is 30.3. The third kappa shape index (κ3) is 10.8. The maximum absolute atomic E-state index is 13.1. The number of halogens is 6. The lowest BCUT2D eigenvalue weighted by molar-refractivity contribution is -0.180. The molecule has 4 nitrogen and oxygen atoms in total. The SMILES string of the molecule is CC.CC.CCCN1CCN(c2ccc(F)cc2)CC1CF.CN1CCN(c2ccc(F)cc2)CC1C(F)(F)F. The Bertz CT molecular complexity index is 923. The van der Waals surface area contributed by atoms with E-state index in [4.69, 9.17) is 0 Å². The standard InChI is InChI=1S/C14H20F2N2.C12H14F4N2.2C2H6/c1-2-7-17-8-9-18(11-14(17)10-15)13-5-3-12(16)4-6-13;1-17-6-7-18(8-11(17)12(14,15)16)10-4-2-9(13)3-5-10;2*1-2/h3-6,14H,2,7-11H2,1H3;2-5,11H,6-8H2,1H3;2*1-2H3. The van der Waals surface area contributed by atoms with Crippen molar-refractivity contribution >= 4 is 11.4 Å². The van der Waals surface area contributed by atoms with E-state index in [0.717, 1.165) is 31.7 Å². The average molecular weight is 577 g/mol. The smallest absolute Gasteiger partial charge is 0.369 e.